The SMILES string of the molecule is Cc1cc(CC#N)cc(CNCCCCOCCOc2nc3cc(C(=O)O)ccc3c3cnccc23)c1. The molecular formula is C29H30N4O4. The number of carboxylic acids is 1. The molecule has 8 nitrogen and oxygen atoms in total. The predicted molar refractivity (Wildman–Crippen MR) is 142 cm³/mol. The van der Waals surface area contributed by atoms with Crippen LogP contribution in [0, 0.1) is 18.3 Å². The quantitative estimate of drug-likeness (QED) is 0.199. The second-order valence-corrected chi connectivity index (χ2v) is 8.88. The molecule has 0 bridgehead atoms. The smallest absolute Gasteiger partial charge is 0.335 e. The van der Waals surface area contributed by atoms with Crippen molar-refractivity contribution in [1.82, 2.24) is 15.3 Å². The topological polar surface area (TPSA) is 117 Å². The number of nitriles is 1. The Balaban J connectivity index is 1.20. The third kappa shape index (κ3) is 7.00. The van der Waals surface area contributed by atoms with Crippen LogP contribution in [0.1, 0.15) is 39.9 Å². The van der Waals surface area contributed by atoms with Gasteiger partial charge in [-0.25, -0.2) is 9.78 Å². The van der Waals surface area contributed by atoms with Crippen LogP contribution in [0.2, 0.25) is 0 Å². The summed E-state index contributed by atoms with van der Waals surface area (Å²) in [5, 5.41) is 24.2. The number of hydrogen-bond acceptors (Lipinski definition) is 7. The van der Waals surface area contributed by atoms with Crippen molar-refractivity contribution in [2.75, 3.05) is 26.4 Å². The van der Waals surface area contributed by atoms with Gasteiger partial charge in [0.05, 0.1) is 30.2 Å². The fraction of sp³-hybridized carbons (Fsp3) is 0.310. The second kappa shape index (κ2) is 12.8. The fourth-order valence-electron chi connectivity index (χ4n) is 4.29. The molecule has 0 fully saturated rings. The lowest BCUT2D eigenvalue weighted by atomic mass is 10.0. The molecule has 0 aliphatic heterocycles. The van der Waals surface area contributed by atoms with Crippen LogP contribution in [-0.2, 0) is 17.7 Å². The van der Waals surface area contributed by atoms with Gasteiger partial charge in [0.2, 0.25) is 5.88 Å². The molecule has 190 valence electrons. The van der Waals surface area contributed by atoms with Gasteiger partial charge in [-0.05, 0) is 55.6 Å². The first-order valence-corrected chi connectivity index (χ1v) is 12.3. The number of nitrogens with zero attached hydrogens (tertiary/aromatic N) is 3. The Bertz CT molecular complexity index is 1430. The number of unbranched alkanes of at least 4 members (excludes halogenated alkanes) is 1. The van der Waals surface area contributed by atoms with E-state index in [0.29, 0.717) is 37.6 Å². The van der Waals surface area contributed by atoms with E-state index in [0.717, 1.165) is 47.7 Å². The maximum atomic E-state index is 11.4. The number of benzene rings is 2. The van der Waals surface area contributed by atoms with Gasteiger partial charge in [-0.2, -0.15) is 5.26 Å². The standard InChI is InChI=1S/C29H30N4O4/c1-20-14-21(6-8-30)16-22(15-20)18-31-9-2-3-11-36-12-13-37-28-25-7-10-32-19-26(25)24-5-4-23(29(34)35)17-27(24)33-28/h4-5,7,10,14-17,19,31H,2-3,6,9,11-13,18H2,1H3,(H,34,35). The third-order valence-corrected chi connectivity index (χ3v) is 5.98. The molecule has 0 saturated carbocycles. The number of rotatable bonds is 13. The molecule has 0 spiro atoms. The number of hydrogen-bond donors (Lipinski definition) is 2. The first-order chi connectivity index (χ1) is 18.0. The number of carbonyl (C=O) groups is 1. The number of aryl methyl sites for hydroxylation is 1. The molecule has 0 amide bonds. The first-order valence-electron chi connectivity index (χ1n) is 12.3. The van der Waals surface area contributed by atoms with Gasteiger partial charge in [0.1, 0.15) is 6.61 Å². The number of fused-ring (bicyclic) bond motifs is 3. The molecule has 37 heavy (non-hydrogen) atoms. The number of aromatic nitrogens is 2. The van der Waals surface area contributed by atoms with E-state index >= 15 is 0 Å². The number of aromatic carboxylic acids is 1. The van der Waals surface area contributed by atoms with Gasteiger partial charge in [0.25, 0.3) is 0 Å². The first kappa shape index (κ1) is 26.0. The molecule has 2 N–H and O–H groups in total. The minimum atomic E-state index is -0.999. The van der Waals surface area contributed by atoms with Crippen LogP contribution in [0.25, 0.3) is 21.7 Å². The molecule has 0 unspecified atom stereocenters. The van der Waals surface area contributed by atoms with Crippen LogP contribution >= 0.6 is 0 Å². The summed E-state index contributed by atoms with van der Waals surface area (Å²) in [5.74, 6) is -0.560. The Labute approximate surface area is 215 Å². The lowest BCUT2D eigenvalue weighted by Crippen LogP contribution is -2.16. The maximum absolute atomic E-state index is 11.4. The number of pyridine rings is 2. The lowest BCUT2D eigenvalue weighted by molar-refractivity contribution is 0.0697. The van der Waals surface area contributed by atoms with Crippen LogP contribution in [-0.4, -0.2) is 47.4 Å². The Morgan fingerprint density at radius 2 is 1.89 bits per heavy atom. The van der Waals surface area contributed by atoms with Crippen LogP contribution in [0.3, 0.4) is 0 Å². The average Bonchev–Trinajstić information content (AvgIpc) is 2.89. The Morgan fingerprint density at radius 1 is 1.03 bits per heavy atom. The number of nitrogens with one attached hydrogen (secondary N) is 1. The molecule has 0 aliphatic carbocycles. The summed E-state index contributed by atoms with van der Waals surface area (Å²) in [5.41, 5.74) is 4.16. The molecule has 8 heteroatoms. The van der Waals surface area contributed by atoms with Gasteiger partial charge in [-0.3, -0.25) is 4.98 Å². The Morgan fingerprint density at radius 3 is 2.73 bits per heavy atom. The van der Waals surface area contributed by atoms with Gasteiger partial charge in [0, 0.05) is 41.7 Å². The summed E-state index contributed by atoms with van der Waals surface area (Å²) >= 11 is 0. The van der Waals surface area contributed by atoms with E-state index in [-0.39, 0.29) is 5.56 Å². The monoisotopic (exact) mass is 498 g/mol. The largest absolute Gasteiger partial charge is 0.478 e. The van der Waals surface area contributed by atoms with E-state index in [1.165, 1.54) is 11.1 Å². The molecule has 2 aromatic heterocycles. The van der Waals surface area contributed by atoms with Gasteiger partial charge in [0.15, 0.2) is 0 Å². The van der Waals surface area contributed by atoms with Crippen LogP contribution in [0.15, 0.2) is 54.9 Å². The summed E-state index contributed by atoms with van der Waals surface area (Å²) in [6.45, 7) is 5.13. The van der Waals surface area contributed by atoms with Crippen LogP contribution in [0.5, 0.6) is 5.88 Å². The maximum Gasteiger partial charge on any atom is 0.335 e. The minimum Gasteiger partial charge on any atom is -0.478 e. The lowest BCUT2D eigenvalue weighted by Gasteiger charge is -2.11. The number of carboxylic acid groups (broad SMARTS) is 1. The third-order valence-electron chi connectivity index (χ3n) is 5.98. The van der Waals surface area contributed by atoms with Crippen molar-refractivity contribution in [2.24, 2.45) is 0 Å². The summed E-state index contributed by atoms with van der Waals surface area (Å²) in [6.07, 6.45) is 5.78. The normalized spacial score (nSPS) is 11.0. The highest BCUT2D eigenvalue weighted by Crippen LogP contribution is 2.30. The summed E-state index contributed by atoms with van der Waals surface area (Å²) < 4.78 is 11.6. The van der Waals surface area contributed by atoms with E-state index in [2.05, 4.69) is 46.5 Å². The average molecular weight is 499 g/mol. The molecule has 0 saturated heterocycles. The second-order valence-electron chi connectivity index (χ2n) is 8.88. The minimum absolute atomic E-state index is 0.176. The predicted octanol–water partition coefficient (Wildman–Crippen LogP) is 4.82. The Kier molecular flexibility index (Phi) is 8.98. The molecule has 0 aliphatic rings. The van der Waals surface area contributed by atoms with Crippen molar-refractivity contribution in [3.8, 4) is 11.9 Å². The number of ether oxygens (including phenoxy) is 2. The van der Waals surface area contributed by atoms with E-state index < -0.39 is 5.97 Å². The van der Waals surface area contributed by atoms with E-state index in [4.69, 9.17) is 14.7 Å². The van der Waals surface area contributed by atoms with Crippen molar-refractivity contribution in [3.63, 3.8) is 0 Å². The van der Waals surface area contributed by atoms with Crippen molar-refractivity contribution >= 4 is 27.6 Å². The van der Waals surface area contributed by atoms with E-state index in [1.54, 1.807) is 30.6 Å². The zero-order valence-electron chi connectivity index (χ0n) is 20.9. The van der Waals surface area contributed by atoms with E-state index in [1.807, 2.05) is 6.07 Å². The van der Waals surface area contributed by atoms with Crippen LogP contribution < -0.4 is 10.1 Å². The highest BCUT2D eigenvalue weighted by atomic mass is 16.5. The highest BCUT2D eigenvalue weighted by molar-refractivity contribution is 6.08. The van der Waals surface area contributed by atoms with E-state index in [9.17, 15) is 9.90 Å². The molecular weight excluding hydrogens is 468 g/mol. The zero-order chi connectivity index (χ0) is 26.0. The molecule has 2 aromatic carbocycles. The van der Waals surface area contributed by atoms with Crippen molar-refractivity contribution in [1.29, 1.82) is 5.26 Å². The summed E-state index contributed by atoms with van der Waals surface area (Å²) in [4.78, 5) is 20.1. The molecule has 2 heterocycles. The molecule has 0 atom stereocenters. The van der Waals surface area contributed by atoms with Gasteiger partial charge >= 0.3 is 5.97 Å². The molecule has 4 rings (SSSR count). The summed E-state index contributed by atoms with van der Waals surface area (Å²) in [6, 6.07) is 15.2. The van der Waals surface area contributed by atoms with Crippen molar-refractivity contribution in [3.05, 3.63) is 77.1 Å². The fourth-order valence-corrected chi connectivity index (χ4v) is 4.29. The zero-order valence-corrected chi connectivity index (χ0v) is 20.9. The van der Waals surface area contributed by atoms with Crippen molar-refractivity contribution < 1.29 is 19.4 Å². The van der Waals surface area contributed by atoms with Crippen LogP contribution in [0.4, 0.5) is 0 Å². The van der Waals surface area contributed by atoms with Gasteiger partial charge in [-0.15, -0.1) is 0 Å². The van der Waals surface area contributed by atoms with Gasteiger partial charge < -0.3 is 19.9 Å². The van der Waals surface area contributed by atoms with Gasteiger partial charge in [-0.1, -0.05) is 29.8 Å². The molecule has 0 radical (unpaired) electrons. The van der Waals surface area contributed by atoms with Crippen molar-refractivity contribution in [2.45, 2.75) is 32.7 Å². The Hall–Kier alpha value is -4.06. The highest BCUT2D eigenvalue weighted by Gasteiger charge is 2.12. The molecule has 4 aromatic rings. The summed E-state index contributed by atoms with van der Waals surface area (Å²) in [7, 11) is 0.